The number of anilines is 1. The number of rotatable bonds is 4. The lowest BCUT2D eigenvalue weighted by atomic mass is 10.2. The van der Waals surface area contributed by atoms with Gasteiger partial charge in [0.2, 0.25) is 5.91 Å². The van der Waals surface area contributed by atoms with Crippen LogP contribution in [0.3, 0.4) is 0 Å². The third-order valence-corrected chi connectivity index (χ3v) is 6.25. The van der Waals surface area contributed by atoms with Crippen LogP contribution in [0, 0.1) is 6.92 Å². The molecule has 1 fully saturated rings. The number of thiazole rings is 1. The Morgan fingerprint density at radius 1 is 1.45 bits per heavy atom. The topological polar surface area (TPSA) is 88.2 Å². The molecular formula is C14H17N3O3S2. The number of nitrogens with one attached hydrogen (secondary N) is 2. The van der Waals surface area contributed by atoms with Gasteiger partial charge in [-0.25, -0.2) is 13.4 Å². The van der Waals surface area contributed by atoms with Crippen LogP contribution in [0.2, 0.25) is 0 Å². The standard InChI is InChI=1S/C14H17N3O3S2/c1-9-16-12-3-2-10(6-13(12)21-9)15-7-14(18)17-11-4-5-22(19,20)8-11/h2-3,6,11,15H,4-5,7-8H2,1H3,(H,17,18). The number of carbonyl (C=O) groups is 1. The molecular weight excluding hydrogens is 322 g/mol. The highest BCUT2D eigenvalue weighted by atomic mass is 32.2. The first-order valence-corrected chi connectivity index (χ1v) is 9.66. The molecule has 1 aromatic heterocycles. The number of sulfone groups is 1. The van der Waals surface area contributed by atoms with E-state index < -0.39 is 9.84 Å². The normalized spacial score (nSPS) is 20.1. The summed E-state index contributed by atoms with van der Waals surface area (Å²) in [5, 5.41) is 6.82. The van der Waals surface area contributed by atoms with E-state index in [0.717, 1.165) is 20.9 Å². The van der Waals surface area contributed by atoms with Gasteiger partial charge in [0.05, 0.1) is 33.3 Å². The van der Waals surface area contributed by atoms with Gasteiger partial charge in [-0.2, -0.15) is 0 Å². The van der Waals surface area contributed by atoms with Gasteiger partial charge in [0.1, 0.15) is 0 Å². The Bertz CT molecular complexity index is 814. The fraction of sp³-hybridized carbons (Fsp3) is 0.429. The molecule has 22 heavy (non-hydrogen) atoms. The van der Waals surface area contributed by atoms with Gasteiger partial charge in [0.15, 0.2) is 9.84 Å². The number of aryl methyl sites for hydroxylation is 1. The molecule has 8 heteroatoms. The Morgan fingerprint density at radius 3 is 3.00 bits per heavy atom. The van der Waals surface area contributed by atoms with Crippen LogP contribution in [0.25, 0.3) is 10.2 Å². The predicted octanol–water partition coefficient (Wildman–Crippen LogP) is 1.32. The summed E-state index contributed by atoms with van der Waals surface area (Å²) in [6.07, 6.45) is 0.500. The molecule has 1 saturated heterocycles. The monoisotopic (exact) mass is 339 g/mol. The van der Waals surface area contributed by atoms with Crippen molar-refractivity contribution in [2.45, 2.75) is 19.4 Å². The first-order chi connectivity index (χ1) is 10.4. The molecule has 6 nitrogen and oxygen atoms in total. The van der Waals surface area contributed by atoms with Gasteiger partial charge >= 0.3 is 0 Å². The van der Waals surface area contributed by atoms with E-state index in [9.17, 15) is 13.2 Å². The van der Waals surface area contributed by atoms with Gasteiger partial charge in [-0.1, -0.05) is 0 Å². The van der Waals surface area contributed by atoms with Crippen molar-refractivity contribution in [2.75, 3.05) is 23.4 Å². The Morgan fingerprint density at radius 2 is 2.27 bits per heavy atom. The van der Waals surface area contributed by atoms with E-state index in [-0.39, 0.29) is 30.0 Å². The molecule has 0 aliphatic carbocycles. The quantitative estimate of drug-likeness (QED) is 0.877. The van der Waals surface area contributed by atoms with Crippen LogP contribution in [0.5, 0.6) is 0 Å². The highest BCUT2D eigenvalue weighted by Gasteiger charge is 2.28. The molecule has 1 unspecified atom stereocenters. The fourth-order valence-electron chi connectivity index (χ4n) is 2.52. The van der Waals surface area contributed by atoms with Crippen molar-refractivity contribution in [1.29, 1.82) is 0 Å². The fourth-order valence-corrected chi connectivity index (χ4v) is 5.06. The number of carbonyl (C=O) groups excluding carboxylic acids is 1. The van der Waals surface area contributed by atoms with Crippen molar-refractivity contribution < 1.29 is 13.2 Å². The molecule has 3 rings (SSSR count). The van der Waals surface area contributed by atoms with E-state index in [0.29, 0.717) is 6.42 Å². The van der Waals surface area contributed by atoms with Gasteiger partial charge in [0, 0.05) is 11.7 Å². The zero-order valence-corrected chi connectivity index (χ0v) is 13.8. The molecule has 118 valence electrons. The van der Waals surface area contributed by atoms with Crippen LogP contribution in [0.1, 0.15) is 11.4 Å². The van der Waals surface area contributed by atoms with E-state index >= 15 is 0 Å². The summed E-state index contributed by atoms with van der Waals surface area (Å²) >= 11 is 1.61. The molecule has 1 amide bonds. The average molecular weight is 339 g/mol. The summed E-state index contributed by atoms with van der Waals surface area (Å²) in [6.45, 7) is 2.08. The molecule has 0 radical (unpaired) electrons. The molecule has 1 aromatic carbocycles. The number of hydrogen-bond donors (Lipinski definition) is 2. The van der Waals surface area contributed by atoms with Crippen LogP contribution < -0.4 is 10.6 Å². The third-order valence-electron chi connectivity index (χ3n) is 3.55. The lowest BCUT2D eigenvalue weighted by molar-refractivity contribution is -0.119. The minimum Gasteiger partial charge on any atom is -0.376 e. The Hall–Kier alpha value is -1.67. The third kappa shape index (κ3) is 3.56. The summed E-state index contributed by atoms with van der Waals surface area (Å²) in [5.41, 5.74) is 1.80. The lowest BCUT2D eigenvalue weighted by Gasteiger charge is -2.12. The second-order valence-electron chi connectivity index (χ2n) is 5.44. The zero-order chi connectivity index (χ0) is 15.7. The van der Waals surface area contributed by atoms with Crippen LogP contribution in [0.4, 0.5) is 5.69 Å². The summed E-state index contributed by atoms with van der Waals surface area (Å²) in [4.78, 5) is 16.3. The van der Waals surface area contributed by atoms with Gasteiger partial charge in [0.25, 0.3) is 0 Å². The van der Waals surface area contributed by atoms with Crippen LogP contribution in [0.15, 0.2) is 18.2 Å². The van der Waals surface area contributed by atoms with Gasteiger partial charge in [-0.3, -0.25) is 4.79 Å². The maximum absolute atomic E-state index is 11.9. The number of nitrogens with zero attached hydrogens (tertiary/aromatic N) is 1. The SMILES string of the molecule is Cc1nc2ccc(NCC(=O)NC3CCS(=O)(=O)C3)cc2s1. The van der Waals surface area contributed by atoms with Crippen LogP contribution >= 0.6 is 11.3 Å². The summed E-state index contributed by atoms with van der Waals surface area (Å²) in [6, 6.07) is 5.51. The van der Waals surface area contributed by atoms with Crippen LogP contribution in [-0.2, 0) is 14.6 Å². The first kappa shape index (κ1) is 15.2. The lowest BCUT2D eigenvalue weighted by Crippen LogP contribution is -2.39. The molecule has 1 atom stereocenters. The molecule has 0 bridgehead atoms. The van der Waals surface area contributed by atoms with Crippen molar-refractivity contribution in [3.05, 3.63) is 23.2 Å². The van der Waals surface area contributed by atoms with E-state index in [2.05, 4.69) is 15.6 Å². The van der Waals surface area contributed by atoms with Crippen molar-refractivity contribution >= 4 is 43.0 Å². The smallest absolute Gasteiger partial charge is 0.239 e. The van der Waals surface area contributed by atoms with Crippen LogP contribution in [-0.4, -0.2) is 43.4 Å². The molecule has 1 aliphatic rings. The number of benzene rings is 1. The highest BCUT2D eigenvalue weighted by molar-refractivity contribution is 7.91. The summed E-state index contributed by atoms with van der Waals surface area (Å²) in [7, 11) is -2.97. The van der Waals surface area contributed by atoms with E-state index in [4.69, 9.17) is 0 Å². The van der Waals surface area contributed by atoms with E-state index in [1.165, 1.54) is 0 Å². The van der Waals surface area contributed by atoms with Crippen molar-refractivity contribution in [3.63, 3.8) is 0 Å². The van der Waals surface area contributed by atoms with E-state index in [1.807, 2.05) is 25.1 Å². The highest BCUT2D eigenvalue weighted by Crippen LogP contribution is 2.24. The zero-order valence-electron chi connectivity index (χ0n) is 12.1. The van der Waals surface area contributed by atoms with Crippen molar-refractivity contribution in [1.82, 2.24) is 10.3 Å². The maximum atomic E-state index is 11.9. The molecule has 0 spiro atoms. The predicted molar refractivity (Wildman–Crippen MR) is 88.0 cm³/mol. The largest absolute Gasteiger partial charge is 0.376 e. The second kappa shape index (κ2) is 5.85. The molecule has 2 N–H and O–H groups in total. The first-order valence-electron chi connectivity index (χ1n) is 7.02. The average Bonchev–Trinajstić information content (AvgIpc) is 2.97. The number of aromatic nitrogens is 1. The summed E-state index contributed by atoms with van der Waals surface area (Å²) < 4.78 is 23.8. The molecule has 2 heterocycles. The second-order valence-corrected chi connectivity index (χ2v) is 8.90. The number of hydrogen-bond acceptors (Lipinski definition) is 6. The minimum absolute atomic E-state index is 0.0465. The molecule has 0 saturated carbocycles. The van der Waals surface area contributed by atoms with Gasteiger partial charge in [-0.05, 0) is 31.5 Å². The van der Waals surface area contributed by atoms with E-state index in [1.54, 1.807) is 11.3 Å². The summed E-state index contributed by atoms with van der Waals surface area (Å²) in [5.74, 6) is 0.0140. The van der Waals surface area contributed by atoms with Crippen molar-refractivity contribution in [3.8, 4) is 0 Å². The Balaban J connectivity index is 1.55. The molecule has 2 aromatic rings. The minimum atomic E-state index is -2.97. The number of amides is 1. The Labute approximate surface area is 132 Å². The number of fused-ring (bicyclic) bond motifs is 1. The van der Waals surface area contributed by atoms with Crippen molar-refractivity contribution in [2.24, 2.45) is 0 Å². The van der Waals surface area contributed by atoms with Gasteiger partial charge < -0.3 is 10.6 Å². The molecule has 1 aliphatic heterocycles. The maximum Gasteiger partial charge on any atom is 0.239 e. The Kier molecular flexibility index (Phi) is 4.05. The van der Waals surface area contributed by atoms with Gasteiger partial charge in [-0.15, -0.1) is 11.3 Å².